The number of nitrogens with one attached hydrogen (secondary N) is 1. The van der Waals surface area contributed by atoms with E-state index in [2.05, 4.69) is 54.4 Å². The first kappa shape index (κ1) is 15.5. The van der Waals surface area contributed by atoms with E-state index < -0.39 is 0 Å². The highest BCUT2D eigenvalue weighted by Gasteiger charge is 2.33. The van der Waals surface area contributed by atoms with E-state index >= 15 is 0 Å². The molecule has 0 radical (unpaired) electrons. The van der Waals surface area contributed by atoms with Gasteiger partial charge in [0.1, 0.15) is 0 Å². The fourth-order valence-corrected chi connectivity index (χ4v) is 2.86. The van der Waals surface area contributed by atoms with Crippen LogP contribution in [-0.4, -0.2) is 30.6 Å². The van der Waals surface area contributed by atoms with Gasteiger partial charge < -0.3 is 5.32 Å². The normalized spacial score (nSPS) is 16.6. The van der Waals surface area contributed by atoms with E-state index in [0.717, 1.165) is 19.1 Å². The summed E-state index contributed by atoms with van der Waals surface area (Å²) >= 11 is 0. The van der Waals surface area contributed by atoms with Crippen LogP contribution in [0.3, 0.4) is 0 Å². The van der Waals surface area contributed by atoms with Gasteiger partial charge in [-0.1, -0.05) is 50.6 Å². The summed E-state index contributed by atoms with van der Waals surface area (Å²) < 4.78 is 0. The molecule has 1 aromatic carbocycles. The molecule has 1 unspecified atom stereocenters. The molecule has 1 fully saturated rings. The second kappa shape index (κ2) is 8.43. The molecule has 0 bridgehead atoms. The van der Waals surface area contributed by atoms with E-state index in [0.29, 0.717) is 6.04 Å². The van der Waals surface area contributed by atoms with Gasteiger partial charge in [-0.3, -0.25) is 4.90 Å². The predicted octanol–water partition coefficient (Wildman–Crippen LogP) is 3.99. The summed E-state index contributed by atoms with van der Waals surface area (Å²) in [6.07, 6.45) is 6.59. The number of unbranched alkanes of at least 4 members (excludes halogenated alkanes) is 1. The van der Waals surface area contributed by atoms with Gasteiger partial charge in [-0.25, -0.2) is 0 Å². The SMILES string of the molecule is CCCCN(C1CC1)C(CNCCC)c1ccccc1. The molecule has 1 aromatic rings. The first-order valence-electron chi connectivity index (χ1n) is 8.38. The molecule has 1 saturated carbocycles. The number of rotatable bonds is 10. The smallest absolute Gasteiger partial charge is 0.0475 e. The second-order valence-electron chi connectivity index (χ2n) is 5.95. The average Bonchev–Trinajstić information content (AvgIpc) is 3.31. The van der Waals surface area contributed by atoms with Crippen LogP contribution in [0.5, 0.6) is 0 Å². The standard InChI is InChI=1S/C18H30N2/c1-3-5-14-20(17-11-12-17)18(15-19-13-4-2)16-9-7-6-8-10-16/h6-10,17-19H,3-5,11-15H2,1-2H3. The summed E-state index contributed by atoms with van der Waals surface area (Å²) in [5.74, 6) is 0. The monoisotopic (exact) mass is 274 g/mol. The van der Waals surface area contributed by atoms with E-state index in [9.17, 15) is 0 Å². The molecule has 2 heteroatoms. The van der Waals surface area contributed by atoms with Crippen molar-refractivity contribution in [3.8, 4) is 0 Å². The quantitative estimate of drug-likeness (QED) is 0.649. The summed E-state index contributed by atoms with van der Waals surface area (Å²) in [6.45, 7) is 7.97. The van der Waals surface area contributed by atoms with Gasteiger partial charge in [0.25, 0.3) is 0 Å². The maximum Gasteiger partial charge on any atom is 0.0475 e. The Morgan fingerprint density at radius 2 is 1.90 bits per heavy atom. The lowest BCUT2D eigenvalue weighted by atomic mass is 10.0. The van der Waals surface area contributed by atoms with Crippen LogP contribution in [0.25, 0.3) is 0 Å². The Morgan fingerprint density at radius 1 is 1.15 bits per heavy atom. The molecule has 0 spiro atoms. The van der Waals surface area contributed by atoms with Crippen LogP contribution in [0, 0.1) is 0 Å². The van der Waals surface area contributed by atoms with Gasteiger partial charge >= 0.3 is 0 Å². The lowest BCUT2D eigenvalue weighted by molar-refractivity contribution is 0.180. The summed E-state index contributed by atoms with van der Waals surface area (Å²) in [6, 6.07) is 12.4. The summed E-state index contributed by atoms with van der Waals surface area (Å²) in [4.78, 5) is 2.75. The third-order valence-corrected chi connectivity index (χ3v) is 4.13. The zero-order chi connectivity index (χ0) is 14.2. The number of benzene rings is 1. The fourth-order valence-electron chi connectivity index (χ4n) is 2.86. The van der Waals surface area contributed by atoms with Gasteiger partial charge in [0.05, 0.1) is 0 Å². The third kappa shape index (κ3) is 4.60. The Kier molecular flexibility index (Phi) is 6.55. The van der Waals surface area contributed by atoms with Crippen molar-refractivity contribution in [1.82, 2.24) is 10.2 Å². The number of hydrogen-bond donors (Lipinski definition) is 1. The maximum absolute atomic E-state index is 3.63. The summed E-state index contributed by atoms with van der Waals surface area (Å²) in [7, 11) is 0. The molecule has 1 N–H and O–H groups in total. The predicted molar refractivity (Wildman–Crippen MR) is 87.0 cm³/mol. The number of nitrogens with zero attached hydrogens (tertiary/aromatic N) is 1. The molecule has 2 rings (SSSR count). The van der Waals surface area contributed by atoms with Crippen LogP contribution in [0.1, 0.15) is 57.6 Å². The van der Waals surface area contributed by atoms with Gasteiger partial charge in [0.15, 0.2) is 0 Å². The van der Waals surface area contributed by atoms with E-state index in [4.69, 9.17) is 0 Å². The molecule has 112 valence electrons. The Hall–Kier alpha value is -0.860. The topological polar surface area (TPSA) is 15.3 Å². The molecule has 1 aliphatic rings. The Labute approximate surface area is 124 Å². The summed E-state index contributed by atoms with van der Waals surface area (Å²) in [5, 5.41) is 3.63. The average molecular weight is 274 g/mol. The summed E-state index contributed by atoms with van der Waals surface area (Å²) in [5.41, 5.74) is 1.47. The first-order chi connectivity index (χ1) is 9.86. The van der Waals surface area contributed by atoms with Crippen LogP contribution in [-0.2, 0) is 0 Å². The van der Waals surface area contributed by atoms with Crippen molar-refractivity contribution in [3.05, 3.63) is 35.9 Å². The van der Waals surface area contributed by atoms with Crippen molar-refractivity contribution in [2.75, 3.05) is 19.6 Å². The lowest BCUT2D eigenvalue weighted by Crippen LogP contribution is -2.38. The molecule has 0 amide bonds. The maximum atomic E-state index is 3.63. The highest BCUT2D eigenvalue weighted by Crippen LogP contribution is 2.34. The molecular formula is C18H30N2. The number of hydrogen-bond acceptors (Lipinski definition) is 2. The zero-order valence-electron chi connectivity index (χ0n) is 13.1. The molecule has 20 heavy (non-hydrogen) atoms. The minimum Gasteiger partial charge on any atom is -0.315 e. The highest BCUT2D eigenvalue weighted by molar-refractivity contribution is 5.20. The van der Waals surface area contributed by atoms with Gasteiger partial charge in [0, 0.05) is 18.6 Å². The zero-order valence-corrected chi connectivity index (χ0v) is 13.1. The van der Waals surface area contributed by atoms with Crippen molar-refractivity contribution in [2.45, 2.75) is 58.0 Å². The van der Waals surface area contributed by atoms with Crippen LogP contribution < -0.4 is 5.32 Å². The molecule has 0 saturated heterocycles. The van der Waals surface area contributed by atoms with Crippen molar-refractivity contribution >= 4 is 0 Å². The van der Waals surface area contributed by atoms with Crippen molar-refractivity contribution < 1.29 is 0 Å². The Bertz CT molecular complexity index is 359. The van der Waals surface area contributed by atoms with E-state index in [1.807, 2.05) is 0 Å². The van der Waals surface area contributed by atoms with Gasteiger partial charge in [-0.2, -0.15) is 0 Å². The van der Waals surface area contributed by atoms with Crippen molar-refractivity contribution in [3.63, 3.8) is 0 Å². The van der Waals surface area contributed by atoms with E-state index in [1.54, 1.807) is 0 Å². The van der Waals surface area contributed by atoms with Crippen LogP contribution in [0.4, 0.5) is 0 Å². The molecular weight excluding hydrogens is 244 g/mol. The minimum absolute atomic E-state index is 0.543. The van der Waals surface area contributed by atoms with Gasteiger partial charge in [-0.05, 0) is 44.3 Å². The van der Waals surface area contributed by atoms with Crippen molar-refractivity contribution in [1.29, 1.82) is 0 Å². The van der Waals surface area contributed by atoms with E-state index in [-0.39, 0.29) is 0 Å². The molecule has 1 aliphatic carbocycles. The second-order valence-corrected chi connectivity index (χ2v) is 5.95. The van der Waals surface area contributed by atoms with Crippen LogP contribution >= 0.6 is 0 Å². The molecule has 0 aliphatic heterocycles. The van der Waals surface area contributed by atoms with Crippen LogP contribution in [0.2, 0.25) is 0 Å². The minimum atomic E-state index is 0.543. The highest BCUT2D eigenvalue weighted by atomic mass is 15.2. The molecule has 0 aromatic heterocycles. The van der Waals surface area contributed by atoms with Gasteiger partial charge in [-0.15, -0.1) is 0 Å². The third-order valence-electron chi connectivity index (χ3n) is 4.13. The lowest BCUT2D eigenvalue weighted by Gasteiger charge is -2.32. The van der Waals surface area contributed by atoms with Crippen molar-refractivity contribution in [2.24, 2.45) is 0 Å². The molecule has 1 atom stereocenters. The Morgan fingerprint density at radius 3 is 2.50 bits per heavy atom. The first-order valence-corrected chi connectivity index (χ1v) is 8.38. The molecule has 0 heterocycles. The van der Waals surface area contributed by atoms with Crippen LogP contribution in [0.15, 0.2) is 30.3 Å². The molecule has 2 nitrogen and oxygen atoms in total. The van der Waals surface area contributed by atoms with Gasteiger partial charge in [0.2, 0.25) is 0 Å². The van der Waals surface area contributed by atoms with E-state index in [1.165, 1.54) is 44.2 Å². The largest absolute Gasteiger partial charge is 0.315 e. The Balaban J connectivity index is 2.06. The fraction of sp³-hybridized carbons (Fsp3) is 0.667.